The summed E-state index contributed by atoms with van der Waals surface area (Å²) in [7, 11) is -4.95. The van der Waals surface area contributed by atoms with Crippen molar-refractivity contribution in [2.45, 2.75) is 17.1 Å². The smallest absolute Gasteiger partial charge is 0.467 e. The highest BCUT2D eigenvalue weighted by molar-refractivity contribution is 7.87. The number of halogens is 3. The average Bonchev–Trinajstić information content (AvgIpc) is 3.28. The van der Waals surface area contributed by atoms with Crippen LogP contribution in [0.15, 0.2) is 103 Å². The molecule has 10 heteroatoms. The summed E-state index contributed by atoms with van der Waals surface area (Å²) in [6.07, 6.45) is 1.16. The zero-order valence-corrected chi connectivity index (χ0v) is 19.9. The number of nitrogens with zero attached hydrogens (tertiary/aromatic N) is 1. The molecule has 36 heavy (non-hydrogen) atoms. The van der Waals surface area contributed by atoms with Gasteiger partial charge in [-0.25, -0.2) is 4.79 Å². The van der Waals surface area contributed by atoms with Gasteiger partial charge in [-0.15, -0.1) is 0 Å². The minimum atomic E-state index is -6.02. The van der Waals surface area contributed by atoms with Crippen LogP contribution < -0.4 is 0 Å². The monoisotopic (exact) mass is 517 g/mol. The normalized spacial score (nSPS) is 16.9. The van der Waals surface area contributed by atoms with Gasteiger partial charge in [0.1, 0.15) is 5.76 Å². The van der Waals surface area contributed by atoms with Crippen molar-refractivity contribution >= 4 is 16.1 Å². The zero-order valence-electron chi connectivity index (χ0n) is 19.1. The Labute approximate surface area is 206 Å². The molecule has 0 aliphatic carbocycles. The summed E-state index contributed by atoms with van der Waals surface area (Å²) < 4.78 is 72.6. The number of rotatable bonds is 7. The van der Waals surface area contributed by atoms with Gasteiger partial charge >= 0.3 is 21.6 Å². The fourth-order valence-electron chi connectivity index (χ4n) is 4.53. The first kappa shape index (κ1) is 25.5. The molecule has 0 bridgehead atoms. The van der Waals surface area contributed by atoms with E-state index in [0.717, 1.165) is 13.2 Å². The van der Waals surface area contributed by atoms with Crippen LogP contribution in [-0.2, 0) is 29.4 Å². The van der Waals surface area contributed by atoms with Gasteiger partial charge in [0.2, 0.25) is 0 Å². The molecule has 0 radical (unpaired) electrons. The summed E-state index contributed by atoms with van der Waals surface area (Å²) in [5.74, 6) is -1.64. The second kappa shape index (κ2) is 9.79. The number of hydrogen-bond donors (Lipinski definition) is 0. The van der Waals surface area contributed by atoms with Gasteiger partial charge in [0.25, 0.3) is 0 Å². The van der Waals surface area contributed by atoms with Crippen molar-refractivity contribution in [2.24, 2.45) is 0 Å². The molecule has 1 aliphatic rings. The molecule has 0 amide bonds. The van der Waals surface area contributed by atoms with Crippen LogP contribution in [0, 0.1) is 0 Å². The molecule has 188 valence electrons. The fraction of sp³-hybridized carbons (Fsp3) is 0.192. The van der Waals surface area contributed by atoms with E-state index in [-0.39, 0.29) is 6.54 Å². The third-order valence-electron chi connectivity index (χ3n) is 5.99. The molecule has 0 unspecified atom stereocenters. The van der Waals surface area contributed by atoms with E-state index < -0.39 is 38.9 Å². The minimum Gasteiger partial charge on any atom is -0.467 e. The molecule has 1 heterocycles. The van der Waals surface area contributed by atoms with E-state index >= 15 is 0 Å². The topological polar surface area (TPSA) is 72.9 Å². The highest BCUT2D eigenvalue weighted by atomic mass is 32.2. The third-order valence-corrected chi connectivity index (χ3v) is 6.97. The largest absolute Gasteiger partial charge is 0.534 e. The van der Waals surface area contributed by atoms with Crippen molar-refractivity contribution < 1.29 is 35.3 Å². The Kier molecular flexibility index (Phi) is 6.92. The first-order valence-electron chi connectivity index (χ1n) is 10.8. The SMILES string of the molecule is COC(=O)[C@H]1C(OS(=O)(=O)C(F)(F)F)=CCN1C(c1ccccc1)(c1ccccc1)c1ccccc1. The van der Waals surface area contributed by atoms with Crippen LogP contribution in [-0.4, -0.2) is 44.5 Å². The minimum absolute atomic E-state index is 0.110. The number of alkyl halides is 3. The van der Waals surface area contributed by atoms with Gasteiger partial charge in [-0.1, -0.05) is 91.0 Å². The Morgan fingerprint density at radius 2 is 1.25 bits per heavy atom. The molecular formula is C26H22F3NO5S. The van der Waals surface area contributed by atoms with Crippen molar-refractivity contribution in [3.8, 4) is 0 Å². The lowest BCUT2D eigenvalue weighted by Crippen LogP contribution is -2.54. The third kappa shape index (κ3) is 4.38. The standard InChI is InChI=1S/C26H22F3NO5S/c1-34-24(31)23-22(35-36(32,33)26(27,28)29)17-18-30(23)25(19-11-5-2-6-12-19,20-13-7-3-8-14-20)21-15-9-4-10-16-21/h2-17,23H,18H2,1H3/t23-/m1/s1. The maximum Gasteiger partial charge on any atom is 0.534 e. The fourth-order valence-corrected chi connectivity index (χ4v) is 5.04. The van der Waals surface area contributed by atoms with Gasteiger partial charge < -0.3 is 8.92 Å². The summed E-state index contributed by atoms with van der Waals surface area (Å²) in [5.41, 5.74) is -4.80. The molecule has 0 saturated carbocycles. The van der Waals surface area contributed by atoms with E-state index in [2.05, 4.69) is 4.18 Å². The van der Waals surface area contributed by atoms with E-state index in [9.17, 15) is 26.4 Å². The van der Waals surface area contributed by atoms with E-state index in [1.807, 2.05) is 54.6 Å². The highest BCUT2D eigenvalue weighted by Gasteiger charge is 2.55. The number of methoxy groups -OCH3 is 1. The predicted molar refractivity (Wildman–Crippen MR) is 126 cm³/mol. The van der Waals surface area contributed by atoms with Crippen LogP contribution in [0.1, 0.15) is 16.7 Å². The Hall–Kier alpha value is -3.63. The average molecular weight is 518 g/mol. The summed E-state index contributed by atoms with van der Waals surface area (Å²) in [6.45, 7) is -0.110. The van der Waals surface area contributed by atoms with Crippen LogP contribution >= 0.6 is 0 Å². The lowest BCUT2D eigenvalue weighted by molar-refractivity contribution is -0.147. The number of esters is 1. The Morgan fingerprint density at radius 1 is 0.833 bits per heavy atom. The number of ether oxygens (including phenoxy) is 1. The van der Waals surface area contributed by atoms with Crippen LogP contribution in [0.4, 0.5) is 13.2 Å². The van der Waals surface area contributed by atoms with Gasteiger partial charge in [-0.05, 0) is 22.8 Å². The van der Waals surface area contributed by atoms with E-state index in [1.54, 1.807) is 41.3 Å². The van der Waals surface area contributed by atoms with Crippen LogP contribution in [0.25, 0.3) is 0 Å². The molecule has 1 aliphatic heterocycles. The summed E-state index contributed by atoms with van der Waals surface area (Å²) in [6, 6.07) is 25.7. The van der Waals surface area contributed by atoms with Gasteiger partial charge in [-0.2, -0.15) is 21.6 Å². The first-order valence-corrected chi connectivity index (χ1v) is 12.3. The summed E-state index contributed by atoms with van der Waals surface area (Å²) in [5, 5.41) is 0. The molecule has 4 rings (SSSR count). The molecule has 6 nitrogen and oxygen atoms in total. The zero-order chi connectivity index (χ0) is 26.0. The van der Waals surface area contributed by atoms with Crippen molar-refractivity contribution in [3.05, 3.63) is 120 Å². The van der Waals surface area contributed by atoms with Crippen molar-refractivity contribution in [1.82, 2.24) is 4.90 Å². The lowest BCUT2D eigenvalue weighted by Gasteiger charge is -2.45. The lowest BCUT2D eigenvalue weighted by atomic mass is 9.75. The highest BCUT2D eigenvalue weighted by Crippen LogP contribution is 2.46. The van der Waals surface area contributed by atoms with E-state index in [4.69, 9.17) is 4.74 Å². The molecule has 0 fully saturated rings. The maximum atomic E-state index is 13.2. The molecule has 0 saturated heterocycles. The maximum absolute atomic E-state index is 13.2. The number of hydrogen-bond acceptors (Lipinski definition) is 6. The molecule has 0 spiro atoms. The van der Waals surface area contributed by atoms with Gasteiger partial charge in [0.15, 0.2) is 6.04 Å². The summed E-state index contributed by atoms with van der Waals surface area (Å²) in [4.78, 5) is 14.6. The molecule has 3 aromatic rings. The van der Waals surface area contributed by atoms with Gasteiger partial charge in [0.05, 0.1) is 12.6 Å². The van der Waals surface area contributed by atoms with Crippen LogP contribution in [0.2, 0.25) is 0 Å². The van der Waals surface area contributed by atoms with Crippen LogP contribution in [0.3, 0.4) is 0 Å². The van der Waals surface area contributed by atoms with Crippen molar-refractivity contribution in [1.29, 1.82) is 0 Å². The predicted octanol–water partition coefficient (Wildman–Crippen LogP) is 4.59. The molecular weight excluding hydrogens is 495 g/mol. The molecule has 0 aromatic heterocycles. The van der Waals surface area contributed by atoms with Crippen LogP contribution in [0.5, 0.6) is 0 Å². The van der Waals surface area contributed by atoms with Crippen molar-refractivity contribution in [3.63, 3.8) is 0 Å². The number of benzene rings is 3. The van der Waals surface area contributed by atoms with Gasteiger partial charge in [0, 0.05) is 6.54 Å². The number of carbonyl (C=O) groups excluding carboxylic acids is 1. The second-order valence-corrected chi connectivity index (χ2v) is 9.51. The molecule has 1 atom stereocenters. The number of carbonyl (C=O) groups is 1. The Balaban J connectivity index is 1.98. The van der Waals surface area contributed by atoms with E-state index in [0.29, 0.717) is 16.7 Å². The first-order chi connectivity index (χ1) is 17.1. The quantitative estimate of drug-likeness (QED) is 0.198. The van der Waals surface area contributed by atoms with Crippen molar-refractivity contribution in [2.75, 3.05) is 13.7 Å². The summed E-state index contributed by atoms with van der Waals surface area (Å²) >= 11 is 0. The Bertz CT molecular complexity index is 1250. The Morgan fingerprint density at radius 3 is 1.61 bits per heavy atom. The van der Waals surface area contributed by atoms with E-state index in [1.165, 1.54) is 0 Å². The second-order valence-electron chi connectivity index (χ2n) is 7.98. The molecule has 3 aromatic carbocycles. The van der Waals surface area contributed by atoms with Gasteiger partial charge in [-0.3, -0.25) is 4.90 Å². The molecule has 0 N–H and O–H groups in total.